The second-order valence-electron chi connectivity index (χ2n) is 10.1. The molecular formula is C28H33ClF3N5O5S. The minimum absolute atomic E-state index is 0. The molecule has 0 bridgehead atoms. The molecular weight excluding hydrogens is 611 g/mol. The zero-order chi connectivity index (χ0) is 30.5. The molecule has 0 saturated carbocycles. The lowest BCUT2D eigenvalue weighted by molar-refractivity contribution is -0.137. The molecule has 2 aliphatic rings. The second-order valence-corrected chi connectivity index (χ2v) is 10.5. The molecule has 2 aliphatic heterocycles. The van der Waals surface area contributed by atoms with Gasteiger partial charge in [-0.05, 0) is 68.7 Å². The van der Waals surface area contributed by atoms with Gasteiger partial charge in [-0.15, -0.1) is 12.4 Å². The number of methoxy groups -OCH3 is 2. The van der Waals surface area contributed by atoms with Crippen LogP contribution < -0.4 is 30.7 Å². The van der Waals surface area contributed by atoms with Crippen LogP contribution in [-0.4, -0.2) is 67.1 Å². The minimum atomic E-state index is -4.50. The number of nitrogens with zero attached hydrogens (tertiary/aromatic N) is 1. The normalized spacial score (nSPS) is 16.1. The van der Waals surface area contributed by atoms with E-state index in [0.717, 1.165) is 25.1 Å². The number of alkyl halides is 3. The van der Waals surface area contributed by atoms with Crippen LogP contribution in [0.2, 0.25) is 0 Å². The molecule has 2 saturated heterocycles. The van der Waals surface area contributed by atoms with Crippen molar-refractivity contribution < 1.29 is 37.0 Å². The van der Waals surface area contributed by atoms with Crippen LogP contribution in [0.1, 0.15) is 48.0 Å². The zero-order valence-electron chi connectivity index (χ0n) is 23.6. The highest BCUT2D eigenvalue weighted by Crippen LogP contribution is 2.35. The summed E-state index contributed by atoms with van der Waals surface area (Å²) < 4.78 is 50.0. The summed E-state index contributed by atoms with van der Waals surface area (Å²) in [6.07, 6.45) is -1.80. The van der Waals surface area contributed by atoms with Crippen molar-refractivity contribution in [2.75, 3.05) is 44.5 Å². The summed E-state index contributed by atoms with van der Waals surface area (Å²) in [5, 5.41) is 10.7. The van der Waals surface area contributed by atoms with Gasteiger partial charge in [0.25, 0.3) is 5.91 Å². The summed E-state index contributed by atoms with van der Waals surface area (Å²) in [6.45, 7) is 2.08. The van der Waals surface area contributed by atoms with Crippen molar-refractivity contribution in [3.05, 3.63) is 47.5 Å². The number of imide groups is 1. The number of rotatable bonds is 10. The Bertz CT molecular complexity index is 1370. The predicted octanol–water partition coefficient (Wildman–Crippen LogP) is 4.98. The van der Waals surface area contributed by atoms with Gasteiger partial charge < -0.3 is 30.3 Å². The van der Waals surface area contributed by atoms with Crippen molar-refractivity contribution in [3.63, 3.8) is 0 Å². The Hall–Kier alpha value is -3.62. The highest BCUT2D eigenvalue weighted by Gasteiger charge is 2.47. The van der Waals surface area contributed by atoms with Gasteiger partial charge in [-0.25, -0.2) is 4.79 Å². The number of hydrogen-bond donors (Lipinski definition) is 4. The molecule has 2 heterocycles. The van der Waals surface area contributed by atoms with Gasteiger partial charge in [0.1, 0.15) is 17.0 Å². The number of likely N-dealkylation sites (tertiary alicyclic amines) is 1. The summed E-state index contributed by atoms with van der Waals surface area (Å²) in [4.78, 5) is 39.0. The third kappa shape index (κ3) is 8.27. The Morgan fingerprint density at radius 1 is 1.05 bits per heavy atom. The van der Waals surface area contributed by atoms with Crippen LogP contribution in [0.25, 0.3) is 0 Å². The maximum atomic E-state index is 13.2. The SMILES string of the molecule is COc1cc(OC)c(C(=O)CCCCN2CCC3(CC2)NC(=O)NC3=O)cc1NC(=S)Nc1cccc(C(F)(F)F)c1.Cl. The number of amides is 3. The fourth-order valence-electron chi connectivity index (χ4n) is 5.07. The van der Waals surface area contributed by atoms with Gasteiger partial charge in [-0.3, -0.25) is 14.9 Å². The van der Waals surface area contributed by atoms with Crippen molar-refractivity contribution in [1.29, 1.82) is 0 Å². The number of Topliss-reactive ketones (excluding diaryl/α,β-unsaturated/α-hetero) is 1. The third-order valence-corrected chi connectivity index (χ3v) is 7.57. The highest BCUT2D eigenvalue weighted by molar-refractivity contribution is 7.80. The Morgan fingerprint density at radius 2 is 1.74 bits per heavy atom. The third-order valence-electron chi connectivity index (χ3n) is 7.37. The van der Waals surface area contributed by atoms with E-state index in [2.05, 4.69) is 26.2 Å². The predicted molar refractivity (Wildman–Crippen MR) is 161 cm³/mol. The maximum absolute atomic E-state index is 13.2. The molecule has 4 N–H and O–H groups in total. The number of ether oxygens (including phenoxy) is 2. The van der Waals surface area contributed by atoms with Gasteiger partial charge in [0.05, 0.1) is 31.0 Å². The number of carbonyl (C=O) groups is 3. The molecule has 2 aromatic rings. The van der Waals surface area contributed by atoms with E-state index in [1.165, 1.54) is 26.4 Å². The monoisotopic (exact) mass is 643 g/mol. The molecule has 2 aromatic carbocycles. The molecule has 3 amide bonds. The molecule has 4 rings (SSSR count). The van der Waals surface area contributed by atoms with Crippen molar-refractivity contribution in [1.82, 2.24) is 15.5 Å². The van der Waals surface area contributed by atoms with Gasteiger partial charge in [0.2, 0.25) is 0 Å². The number of halogens is 4. The van der Waals surface area contributed by atoms with E-state index in [1.807, 2.05) is 0 Å². The smallest absolute Gasteiger partial charge is 0.416 e. The van der Waals surface area contributed by atoms with Gasteiger partial charge >= 0.3 is 12.2 Å². The minimum Gasteiger partial charge on any atom is -0.496 e. The van der Waals surface area contributed by atoms with Crippen LogP contribution in [0, 0.1) is 0 Å². The van der Waals surface area contributed by atoms with E-state index in [0.29, 0.717) is 55.1 Å². The summed E-state index contributed by atoms with van der Waals surface area (Å²) in [6, 6.07) is 7.27. The number of ketones is 1. The average molecular weight is 644 g/mol. The fourth-order valence-corrected chi connectivity index (χ4v) is 5.29. The molecule has 43 heavy (non-hydrogen) atoms. The van der Waals surface area contributed by atoms with E-state index in [-0.39, 0.29) is 41.3 Å². The Labute approximate surface area is 258 Å². The lowest BCUT2D eigenvalue weighted by atomic mass is 9.87. The molecule has 0 aromatic heterocycles. The molecule has 10 nitrogen and oxygen atoms in total. The van der Waals surface area contributed by atoms with Crippen molar-refractivity contribution in [3.8, 4) is 11.5 Å². The van der Waals surface area contributed by atoms with Crippen molar-refractivity contribution in [2.45, 2.75) is 43.8 Å². The maximum Gasteiger partial charge on any atom is 0.416 e. The first-order valence-electron chi connectivity index (χ1n) is 13.3. The highest BCUT2D eigenvalue weighted by atomic mass is 35.5. The Morgan fingerprint density at radius 3 is 2.35 bits per heavy atom. The van der Waals surface area contributed by atoms with Crippen LogP contribution in [0.15, 0.2) is 36.4 Å². The van der Waals surface area contributed by atoms with Crippen molar-refractivity contribution >= 4 is 58.8 Å². The summed E-state index contributed by atoms with van der Waals surface area (Å²) in [5.74, 6) is 0.216. The number of hydrogen-bond acceptors (Lipinski definition) is 7. The quantitative estimate of drug-likeness (QED) is 0.123. The number of nitrogens with one attached hydrogen (secondary N) is 4. The molecule has 234 valence electrons. The molecule has 1 spiro atoms. The lowest BCUT2D eigenvalue weighted by Gasteiger charge is -2.36. The molecule has 0 aliphatic carbocycles. The average Bonchev–Trinajstić information content (AvgIpc) is 3.22. The fraction of sp³-hybridized carbons (Fsp3) is 0.429. The number of benzene rings is 2. The van der Waals surface area contributed by atoms with E-state index in [1.54, 1.807) is 12.1 Å². The largest absolute Gasteiger partial charge is 0.496 e. The van der Waals surface area contributed by atoms with Crippen LogP contribution in [0.3, 0.4) is 0 Å². The molecule has 2 fully saturated rings. The van der Waals surface area contributed by atoms with E-state index in [9.17, 15) is 27.6 Å². The van der Waals surface area contributed by atoms with E-state index >= 15 is 0 Å². The number of anilines is 2. The molecule has 0 atom stereocenters. The Balaban J connectivity index is 0.00000506. The Kier molecular flexibility index (Phi) is 11.2. The van der Waals surface area contributed by atoms with Gasteiger partial charge in [0, 0.05) is 31.3 Å². The summed E-state index contributed by atoms with van der Waals surface area (Å²) >= 11 is 5.30. The van der Waals surface area contributed by atoms with E-state index < -0.39 is 23.3 Å². The van der Waals surface area contributed by atoms with Crippen LogP contribution in [0.5, 0.6) is 11.5 Å². The molecule has 15 heteroatoms. The first-order chi connectivity index (χ1) is 19.9. The standard InChI is InChI=1S/C28H32F3N5O5S.ClH/c1-40-22-16-23(41-2)20(33-26(42)32-18-7-5-6-17(14-18)28(29,30)31)15-19(22)21(37)8-3-4-11-36-12-9-27(10-13-36)24(38)34-25(39)35-27;/h5-7,14-16H,3-4,8-13H2,1-2H3,(H2,32,33,42)(H2,34,35,38,39);1H. The summed E-state index contributed by atoms with van der Waals surface area (Å²) in [5.41, 5.74) is -0.831. The van der Waals surface area contributed by atoms with Crippen LogP contribution >= 0.6 is 24.6 Å². The van der Waals surface area contributed by atoms with Gasteiger partial charge in [-0.2, -0.15) is 13.2 Å². The molecule has 0 unspecified atom stereocenters. The topological polar surface area (TPSA) is 121 Å². The first kappa shape index (κ1) is 33.9. The zero-order valence-corrected chi connectivity index (χ0v) is 25.2. The summed E-state index contributed by atoms with van der Waals surface area (Å²) in [7, 11) is 2.87. The number of unbranched alkanes of at least 4 members (excludes halogenated alkanes) is 1. The van der Waals surface area contributed by atoms with Gasteiger partial charge in [-0.1, -0.05) is 6.07 Å². The number of carbonyl (C=O) groups excluding carboxylic acids is 3. The number of piperidine rings is 1. The first-order valence-corrected chi connectivity index (χ1v) is 13.8. The lowest BCUT2D eigenvalue weighted by Crippen LogP contribution is -2.54. The van der Waals surface area contributed by atoms with Crippen LogP contribution in [-0.2, 0) is 11.0 Å². The van der Waals surface area contributed by atoms with Crippen LogP contribution in [0.4, 0.5) is 29.3 Å². The molecule has 0 radical (unpaired) electrons. The number of urea groups is 1. The second kappa shape index (κ2) is 14.2. The number of thiocarbonyl (C=S) groups is 1. The van der Waals surface area contributed by atoms with Gasteiger partial charge in [0.15, 0.2) is 10.9 Å². The van der Waals surface area contributed by atoms with E-state index in [4.69, 9.17) is 21.7 Å². The van der Waals surface area contributed by atoms with Crippen molar-refractivity contribution in [2.24, 2.45) is 0 Å².